The smallest absolute Gasteiger partial charge is 0.276 e. The Balaban J connectivity index is 2.40. The third-order valence-corrected chi connectivity index (χ3v) is 3.82. The third-order valence-electron chi connectivity index (χ3n) is 2.44. The van der Waals surface area contributed by atoms with Crippen LogP contribution in [0.4, 0.5) is 0 Å². The standard InChI is InChI=1S/C9H10ClNO3S/c1-11-5-7(9(12)6-2-3-6)4-8(11)15(10,13)14/h4-6H,2-3H2,1H3. The van der Waals surface area contributed by atoms with Gasteiger partial charge in [-0.3, -0.25) is 4.79 Å². The van der Waals surface area contributed by atoms with Crippen LogP contribution < -0.4 is 0 Å². The minimum absolute atomic E-state index is 0.0113. The average Bonchev–Trinajstić information content (AvgIpc) is 2.86. The molecule has 1 fully saturated rings. The highest BCUT2D eigenvalue weighted by Crippen LogP contribution is 2.33. The number of aryl methyl sites for hydroxylation is 1. The maximum absolute atomic E-state index is 11.6. The van der Waals surface area contributed by atoms with Gasteiger partial charge >= 0.3 is 0 Å². The van der Waals surface area contributed by atoms with Gasteiger partial charge in [0.15, 0.2) is 10.8 Å². The van der Waals surface area contributed by atoms with Crippen LogP contribution in [0.1, 0.15) is 23.2 Å². The summed E-state index contributed by atoms with van der Waals surface area (Å²) in [5.41, 5.74) is 0.430. The quantitative estimate of drug-likeness (QED) is 0.602. The van der Waals surface area contributed by atoms with Crippen LogP contribution in [0.2, 0.25) is 0 Å². The van der Waals surface area contributed by atoms with E-state index in [1.54, 1.807) is 7.05 Å². The molecule has 0 aromatic carbocycles. The maximum atomic E-state index is 11.6. The molecule has 0 atom stereocenters. The lowest BCUT2D eigenvalue weighted by Crippen LogP contribution is -1.98. The molecule has 15 heavy (non-hydrogen) atoms. The van der Waals surface area contributed by atoms with Gasteiger partial charge in [-0.25, -0.2) is 8.42 Å². The van der Waals surface area contributed by atoms with E-state index in [2.05, 4.69) is 0 Å². The van der Waals surface area contributed by atoms with E-state index >= 15 is 0 Å². The molecule has 1 heterocycles. The van der Waals surface area contributed by atoms with E-state index in [4.69, 9.17) is 10.7 Å². The van der Waals surface area contributed by atoms with Crippen LogP contribution in [-0.4, -0.2) is 18.8 Å². The summed E-state index contributed by atoms with van der Waals surface area (Å²) in [5.74, 6) is 0.0930. The number of hydrogen-bond donors (Lipinski definition) is 0. The Bertz CT molecular complexity index is 513. The van der Waals surface area contributed by atoms with Crippen LogP contribution in [0.5, 0.6) is 0 Å². The van der Waals surface area contributed by atoms with Gasteiger partial charge in [-0.2, -0.15) is 0 Å². The lowest BCUT2D eigenvalue weighted by Gasteiger charge is -1.95. The Labute approximate surface area is 92.3 Å². The minimum atomic E-state index is -3.77. The molecule has 1 aliphatic carbocycles. The first-order valence-electron chi connectivity index (χ1n) is 4.55. The molecule has 0 saturated heterocycles. The molecule has 1 aromatic heterocycles. The van der Waals surface area contributed by atoms with Gasteiger partial charge in [0, 0.05) is 35.4 Å². The molecule has 82 valence electrons. The van der Waals surface area contributed by atoms with E-state index in [9.17, 15) is 13.2 Å². The lowest BCUT2D eigenvalue weighted by molar-refractivity contribution is 0.0967. The zero-order valence-corrected chi connectivity index (χ0v) is 9.68. The molecular formula is C9H10ClNO3S. The predicted octanol–water partition coefficient (Wildman–Crippen LogP) is 1.55. The molecule has 0 radical (unpaired) electrons. The summed E-state index contributed by atoms with van der Waals surface area (Å²) < 4.78 is 23.6. The van der Waals surface area contributed by atoms with Crippen LogP contribution in [0.25, 0.3) is 0 Å². The third kappa shape index (κ3) is 2.08. The Morgan fingerprint density at radius 2 is 2.13 bits per heavy atom. The molecule has 1 aromatic rings. The molecule has 6 heteroatoms. The van der Waals surface area contributed by atoms with Crippen molar-refractivity contribution in [1.82, 2.24) is 4.57 Å². The number of carbonyl (C=O) groups excluding carboxylic acids is 1. The van der Waals surface area contributed by atoms with Crippen molar-refractivity contribution in [3.8, 4) is 0 Å². The summed E-state index contributed by atoms with van der Waals surface area (Å²) in [7, 11) is 3.00. The maximum Gasteiger partial charge on any atom is 0.276 e. The number of halogens is 1. The number of hydrogen-bond acceptors (Lipinski definition) is 3. The van der Waals surface area contributed by atoms with Gasteiger partial charge < -0.3 is 4.57 Å². The van der Waals surface area contributed by atoms with Crippen molar-refractivity contribution >= 4 is 25.5 Å². The first-order valence-corrected chi connectivity index (χ1v) is 6.86. The summed E-state index contributed by atoms with van der Waals surface area (Å²) in [5, 5.41) is -0.0341. The fourth-order valence-electron chi connectivity index (χ4n) is 1.50. The Kier molecular flexibility index (Phi) is 2.39. The predicted molar refractivity (Wildman–Crippen MR) is 55.5 cm³/mol. The largest absolute Gasteiger partial charge is 0.340 e. The molecule has 1 aliphatic rings. The highest BCUT2D eigenvalue weighted by molar-refractivity contribution is 8.13. The Hall–Kier alpha value is -0.810. The average molecular weight is 248 g/mol. The normalized spacial score (nSPS) is 16.7. The zero-order valence-electron chi connectivity index (χ0n) is 8.10. The van der Waals surface area contributed by atoms with Gasteiger partial charge in [-0.1, -0.05) is 0 Å². The van der Waals surface area contributed by atoms with Gasteiger partial charge in [0.05, 0.1) is 0 Å². The first kappa shape index (κ1) is 10.7. The lowest BCUT2D eigenvalue weighted by atomic mass is 10.1. The first-order chi connectivity index (χ1) is 6.89. The summed E-state index contributed by atoms with van der Waals surface area (Å²) in [4.78, 5) is 11.6. The van der Waals surface area contributed by atoms with E-state index in [-0.39, 0.29) is 16.7 Å². The monoisotopic (exact) mass is 247 g/mol. The van der Waals surface area contributed by atoms with E-state index in [1.807, 2.05) is 0 Å². The Morgan fingerprint density at radius 1 is 1.53 bits per heavy atom. The van der Waals surface area contributed by atoms with Crippen molar-refractivity contribution in [3.63, 3.8) is 0 Å². The van der Waals surface area contributed by atoms with Gasteiger partial charge in [-0.15, -0.1) is 0 Å². The van der Waals surface area contributed by atoms with E-state index in [1.165, 1.54) is 16.8 Å². The molecule has 0 amide bonds. The van der Waals surface area contributed by atoms with Gasteiger partial charge in [0.25, 0.3) is 9.05 Å². The molecule has 0 aliphatic heterocycles. The van der Waals surface area contributed by atoms with Crippen LogP contribution in [-0.2, 0) is 16.1 Å². The summed E-state index contributed by atoms with van der Waals surface area (Å²) in [6, 6.07) is 1.34. The molecular weight excluding hydrogens is 238 g/mol. The second kappa shape index (κ2) is 3.35. The van der Waals surface area contributed by atoms with Gasteiger partial charge in [-0.05, 0) is 18.9 Å². The van der Waals surface area contributed by atoms with Crippen molar-refractivity contribution in [2.75, 3.05) is 0 Å². The fraction of sp³-hybridized carbons (Fsp3) is 0.444. The summed E-state index contributed by atoms with van der Waals surface area (Å²) >= 11 is 0. The molecule has 0 spiro atoms. The van der Waals surface area contributed by atoms with Crippen molar-refractivity contribution in [2.24, 2.45) is 13.0 Å². The molecule has 0 bridgehead atoms. The zero-order chi connectivity index (χ0) is 11.2. The number of aromatic nitrogens is 1. The molecule has 0 unspecified atom stereocenters. The van der Waals surface area contributed by atoms with E-state index in [0.29, 0.717) is 5.56 Å². The van der Waals surface area contributed by atoms with Gasteiger partial charge in [0.2, 0.25) is 0 Å². The molecule has 1 saturated carbocycles. The van der Waals surface area contributed by atoms with Crippen LogP contribution in [0.15, 0.2) is 17.3 Å². The highest BCUT2D eigenvalue weighted by Gasteiger charge is 2.32. The molecule has 4 nitrogen and oxygen atoms in total. The fourth-order valence-corrected chi connectivity index (χ4v) is 2.63. The summed E-state index contributed by atoms with van der Waals surface area (Å²) in [6.45, 7) is 0. The van der Waals surface area contributed by atoms with Crippen molar-refractivity contribution in [2.45, 2.75) is 17.9 Å². The number of nitrogens with zero attached hydrogens (tertiary/aromatic N) is 1. The Morgan fingerprint density at radius 3 is 2.53 bits per heavy atom. The van der Waals surface area contributed by atoms with Crippen LogP contribution in [0, 0.1) is 5.92 Å². The SMILES string of the molecule is Cn1cc(C(=O)C2CC2)cc1S(=O)(=O)Cl. The topological polar surface area (TPSA) is 56.1 Å². The summed E-state index contributed by atoms with van der Waals surface area (Å²) in [6.07, 6.45) is 3.31. The number of ketones is 1. The van der Waals surface area contributed by atoms with Crippen molar-refractivity contribution in [1.29, 1.82) is 0 Å². The highest BCUT2D eigenvalue weighted by atomic mass is 35.7. The number of rotatable bonds is 3. The number of carbonyl (C=O) groups is 1. The van der Waals surface area contributed by atoms with Crippen molar-refractivity contribution < 1.29 is 13.2 Å². The van der Waals surface area contributed by atoms with Gasteiger partial charge in [0.1, 0.15) is 0 Å². The minimum Gasteiger partial charge on any atom is -0.340 e. The van der Waals surface area contributed by atoms with Crippen LogP contribution in [0.3, 0.4) is 0 Å². The van der Waals surface area contributed by atoms with E-state index in [0.717, 1.165) is 12.8 Å². The molecule has 0 N–H and O–H groups in total. The van der Waals surface area contributed by atoms with E-state index < -0.39 is 9.05 Å². The molecule has 2 rings (SSSR count). The van der Waals surface area contributed by atoms with Crippen molar-refractivity contribution in [3.05, 3.63) is 17.8 Å². The second-order valence-corrected chi connectivity index (χ2v) is 6.27. The number of Topliss-reactive ketones (excluding diaryl/α,β-unsaturated/α-hetero) is 1. The van der Waals surface area contributed by atoms with Crippen LogP contribution >= 0.6 is 10.7 Å². The second-order valence-electron chi connectivity index (χ2n) is 3.75.